The lowest BCUT2D eigenvalue weighted by atomic mass is 9.98. The lowest BCUT2D eigenvalue weighted by Gasteiger charge is -2.29. The van der Waals surface area contributed by atoms with Gasteiger partial charge in [0.2, 0.25) is 0 Å². The number of hydrazone groups is 1. The Kier molecular flexibility index (Phi) is 7.48. The van der Waals surface area contributed by atoms with Gasteiger partial charge in [0.05, 0.1) is 17.0 Å². The van der Waals surface area contributed by atoms with Crippen LogP contribution in [-0.2, 0) is 0 Å². The summed E-state index contributed by atoms with van der Waals surface area (Å²) in [5.41, 5.74) is 4.00. The molecule has 1 N–H and O–H groups in total. The molecule has 0 saturated heterocycles. The van der Waals surface area contributed by atoms with E-state index in [9.17, 15) is 13.2 Å². The fraction of sp³-hybridized carbons (Fsp3) is 0.316. The summed E-state index contributed by atoms with van der Waals surface area (Å²) in [6.45, 7) is 6.97. The number of nitrogens with zero attached hydrogens (tertiary/aromatic N) is 2. The number of benzene rings is 1. The molecule has 0 amide bonds. The third-order valence-corrected chi connectivity index (χ3v) is 3.47. The Morgan fingerprint density at radius 2 is 1.68 bits per heavy atom. The zero-order valence-electron chi connectivity index (χ0n) is 15.1. The Morgan fingerprint density at radius 3 is 2.16 bits per heavy atom. The smallest absolute Gasteiger partial charge is 0.275 e. The minimum absolute atomic E-state index is 0.110. The van der Waals surface area contributed by atoms with Gasteiger partial charge >= 0.3 is 6.18 Å². The number of hydrogen-bond donors (Lipinski definition) is 1. The average molecular weight is 351 g/mol. The van der Waals surface area contributed by atoms with Crippen LogP contribution in [0.3, 0.4) is 0 Å². The predicted molar refractivity (Wildman–Crippen MR) is 96.9 cm³/mol. The normalized spacial score (nSPS) is 15.6. The molecular formula is C19H24F3N3. The maximum Gasteiger partial charge on any atom is 0.416 e. The summed E-state index contributed by atoms with van der Waals surface area (Å²) < 4.78 is 39.8. The molecule has 0 unspecified atom stereocenters. The molecule has 1 aromatic rings. The highest BCUT2D eigenvalue weighted by atomic mass is 19.4. The minimum Gasteiger partial charge on any atom is -0.275 e. The van der Waals surface area contributed by atoms with E-state index in [4.69, 9.17) is 0 Å². The van der Waals surface area contributed by atoms with Crippen molar-refractivity contribution in [3.8, 4) is 0 Å². The number of allylic oxidation sites excluding steroid dienone is 4. The molecule has 0 radical (unpaired) electrons. The minimum atomic E-state index is -4.42. The van der Waals surface area contributed by atoms with E-state index in [0.717, 1.165) is 11.6 Å². The first-order valence-corrected chi connectivity index (χ1v) is 8.13. The van der Waals surface area contributed by atoms with Crippen LogP contribution in [0.4, 0.5) is 13.2 Å². The molecule has 136 valence electrons. The van der Waals surface area contributed by atoms with E-state index in [2.05, 4.69) is 10.6 Å². The summed E-state index contributed by atoms with van der Waals surface area (Å²) in [5, 5.41) is 5.65. The van der Waals surface area contributed by atoms with E-state index in [1.807, 2.05) is 44.2 Å². The van der Waals surface area contributed by atoms with Crippen LogP contribution in [0.25, 0.3) is 0 Å². The average Bonchev–Trinajstić information content (AvgIpc) is 2.61. The summed E-state index contributed by atoms with van der Waals surface area (Å²) in [5.74, 6) is 0. The summed E-state index contributed by atoms with van der Waals surface area (Å²) >= 11 is 0. The van der Waals surface area contributed by atoms with Crippen LogP contribution in [0.5, 0.6) is 0 Å². The van der Waals surface area contributed by atoms with Gasteiger partial charge in [-0.1, -0.05) is 56.3 Å². The van der Waals surface area contributed by atoms with Crippen LogP contribution in [0.15, 0.2) is 70.5 Å². The van der Waals surface area contributed by atoms with E-state index in [1.165, 1.54) is 18.0 Å². The topological polar surface area (TPSA) is 27.6 Å². The zero-order chi connectivity index (χ0) is 19.0. The van der Waals surface area contributed by atoms with Gasteiger partial charge in [-0.15, -0.1) is 0 Å². The fourth-order valence-electron chi connectivity index (χ4n) is 2.37. The van der Waals surface area contributed by atoms with Crippen LogP contribution in [-0.4, -0.2) is 23.9 Å². The molecule has 0 fully saturated rings. The van der Waals surface area contributed by atoms with Gasteiger partial charge in [-0.2, -0.15) is 18.3 Å². The molecule has 6 heteroatoms. The Hall–Kier alpha value is -2.50. The summed E-state index contributed by atoms with van der Waals surface area (Å²) in [6, 6.07) is 9.29. The van der Waals surface area contributed by atoms with Gasteiger partial charge in [0.1, 0.15) is 0 Å². The molecule has 0 aliphatic carbocycles. The molecule has 1 aliphatic rings. The lowest BCUT2D eigenvalue weighted by Crippen LogP contribution is -2.36. The molecule has 0 bridgehead atoms. The third kappa shape index (κ3) is 4.98. The highest BCUT2D eigenvalue weighted by Crippen LogP contribution is 2.35. The van der Waals surface area contributed by atoms with Gasteiger partial charge in [0, 0.05) is 18.2 Å². The SMILES string of the molecule is C/C=C(C1=CC(c2ccccc2)=NNN1C)\C(=C/C)C(F)(F)F.CC. The number of halogens is 3. The van der Waals surface area contributed by atoms with E-state index in [1.54, 1.807) is 20.0 Å². The number of hydrazine groups is 1. The Bertz CT molecular complexity index is 684. The largest absolute Gasteiger partial charge is 0.416 e. The third-order valence-electron chi connectivity index (χ3n) is 3.47. The van der Waals surface area contributed by atoms with Gasteiger partial charge < -0.3 is 0 Å². The molecule has 0 spiro atoms. The van der Waals surface area contributed by atoms with Crippen LogP contribution in [0, 0.1) is 0 Å². The molecule has 1 aromatic carbocycles. The molecule has 0 aromatic heterocycles. The number of likely N-dealkylation sites (N-methyl/N-ethyl adjacent to an activating group) is 1. The highest BCUT2D eigenvalue weighted by Gasteiger charge is 2.37. The molecule has 0 saturated carbocycles. The number of hydrogen-bond acceptors (Lipinski definition) is 3. The van der Waals surface area contributed by atoms with Crippen LogP contribution in [0.2, 0.25) is 0 Å². The molecular weight excluding hydrogens is 327 g/mol. The molecule has 1 heterocycles. The lowest BCUT2D eigenvalue weighted by molar-refractivity contribution is -0.0895. The van der Waals surface area contributed by atoms with E-state index < -0.39 is 11.7 Å². The quantitative estimate of drug-likeness (QED) is 0.758. The zero-order valence-corrected chi connectivity index (χ0v) is 15.1. The molecule has 1 aliphatic heterocycles. The van der Waals surface area contributed by atoms with Crippen molar-refractivity contribution in [2.45, 2.75) is 33.9 Å². The molecule has 25 heavy (non-hydrogen) atoms. The van der Waals surface area contributed by atoms with Crippen molar-refractivity contribution in [2.24, 2.45) is 5.10 Å². The maximum atomic E-state index is 13.3. The molecule has 0 atom stereocenters. The second-order valence-electron chi connectivity index (χ2n) is 4.95. The standard InChI is InChI=1S/C17H18F3N3.C2H6/c1-4-13(14(5-2)17(18,19)20)16-11-15(21-22-23(16)3)12-9-7-6-8-10-12;1-2/h4-11,22H,1-3H3;1-2H3/b13-4+,14-5+;. The number of nitrogens with one attached hydrogen (secondary N) is 1. The summed E-state index contributed by atoms with van der Waals surface area (Å²) in [4.78, 5) is 0. The van der Waals surface area contributed by atoms with Gasteiger partial charge in [0.15, 0.2) is 0 Å². The molecule has 2 rings (SSSR count). The number of rotatable bonds is 3. The fourth-order valence-corrected chi connectivity index (χ4v) is 2.37. The van der Waals surface area contributed by atoms with Crippen LogP contribution >= 0.6 is 0 Å². The van der Waals surface area contributed by atoms with E-state index >= 15 is 0 Å². The number of alkyl halides is 3. The van der Waals surface area contributed by atoms with Crippen molar-refractivity contribution in [1.82, 2.24) is 10.5 Å². The summed E-state index contributed by atoms with van der Waals surface area (Å²) in [7, 11) is 1.63. The monoisotopic (exact) mass is 351 g/mol. The van der Waals surface area contributed by atoms with E-state index in [0.29, 0.717) is 11.4 Å². The summed E-state index contributed by atoms with van der Waals surface area (Å²) in [6.07, 6.45) is -0.227. The van der Waals surface area contributed by atoms with Crippen LogP contribution in [0.1, 0.15) is 33.3 Å². The Labute approximate surface area is 147 Å². The first kappa shape index (κ1) is 20.5. The van der Waals surface area contributed by atoms with E-state index in [-0.39, 0.29) is 5.57 Å². The van der Waals surface area contributed by atoms with Crippen molar-refractivity contribution < 1.29 is 13.2 Å². The first-order valence-electron chi connectivity index (χ1n) is 8.13. The van der Waals surface area contributed by atoms with Crippen molar-refractivity contribution in [3.63, 3.8) is 0 Å². The van der Waals surface area contributed by atoms with Gasteiger partial charge in [-0.3, -0.25) is 5.01 Å². The Balaban J connectivity index is 0.00000151. The van der Waals surface area contributed by atoms with Gasteiger partial charge in [0.25, 0.3) is 0 Å². The second kappa shape index (κ2) is 9.11. The van der Waals surface area contributed by atoms with Crippen molar-refractivity contribution in [3.05, 3.63) is 71.0 Å². The first-order chi connectivity index (χ1) is 11.9. The second-order valence-corrected chi connectivity index (χ2v) is 4.95. The molecule has 3 nitrogen and oxygen atoms in total. The highest BCUT2D eigenvalue weighted by molar-refractivity contribution is 6.09. The van der Waals surface area contributed by atoms with Crippen molar-refractivity contribution >= 4 is 5.71 Å². The van der Waals surface area contributed by atoms with Crippen molar-refractivity contribution in [2.75, 3.05) is 7.05 Å². The Morgan fingerprint density at radius 1 is 1.08 bits per heavy atom. The van der Waals surface area contributed by atoms with Crippen LogP contribution < -0.4 is 5.53 Å². The van der Waals surface area contributed by atoms with Crippen molar-refractivity contribution in [1.29, 1.82) is 0 Å². The van der Waals surface area contributed by atoms with Gasteiger partial charge in [-0.05, 0) is 19.9 Å². The maximum absolute atomic E-state index is 13.3. The predicted octanol–water partition coefficient (Wildman–Crippen LogP) is 5.21. The van der Waals surface area contributed by atoms with Gasteiger partial charge in [-0.25, -0.2) is 5.53 Å².